The summed E-state index contributed by atoms with van der Waals surface area (Å²) >= 11 is 0. The highest BCUT2D eigenvalue weighted by Crippen LogP contribution is 2.50. The molecular formula is C26H30N4O4. The summed E-state index contributed by atoms with van der Waals surface area (Å²) in [5.74, 6) is 0.694. The van der Waals surface area contributed by atoms with Gasteiger partial charge in [-0.15, -0.1) is 0 Å². The second-order valence-corrected chi connectivity index (χ2v) is 9.40. The normalized spacial score (nSPS) is 22.0. The number of nitrogens with zero attached hydrogens (tertiary/aromatic N) is 3. The number of aromatic amines is 1. The zero-order valence-electron chi connectivity index (χ0n) is 20.0. The van der Waals surface area contributed by atoms with Crippen molar-refractivity contribution in [2.24, 2.45) is 0 Å². The van der Waals surface area contributed by atoms with E-state index in [4.69, 9.17) is 4.74 Å². The van der Waals surface area contributed by atoms with Crippen LogP contribution in [0.15, 0.2) is 42.5 Å². The van der Waals surface area contributed by atoms with Crippen LogP contribution in [-0.2, 0) is 11.2 Å². The molecule has 8 heteroatoms. The van der Waals surface area contributed by atoms with E-state index in [1.54, 1.807) is 30.2 Å². The van der Waals surface area contributed by atoms with Gasteiger partial charge in [-0.1, -0.05) is 19.1 Å². The first-order chi connectivity index (χ1) is 16.3. The van der Waals surface area contributed by atoms with Gasteiger partial charge >= 0.3 is 6.03 Å². The Bertz CT molecular complexity index is 1280. The van der Waals surface area contributed by atoms with Crippen molar-refractivity contribution >= 4 is 22.8 Å². The number of aromatic nitrogens is 1. The van der Waals surface area contributed by atoms with Gasteiger partial charge in [-0.2, -0.15) is 0 Å². The first-order valence-corrected chi connectivity index (χ1v) is 11.6. The van der Waals surface area contributed by atoms with E-state index in [-0.39, 0.29) is 17.7 Å². The molecule has 3 aromatic rings. The van der Waals surface area contributed by atoms with Crippen LogP contribution >= 0.6 is 0 Å². The van der Waals surface area contributed by atoms with E-state index in [1.165, 1.54) is 4.90 Å². The van der Waals surface area contributed by atoms with Gasteiger partial charge in [0.2, 0.25) is 0 Å². The molecule has 3 heterocycles. The standard InChI is InChI=1S/C26H30N4O4/c1-5-26-15-20-19-14-18(34-4)9-10-21(19)27-22(20)23(16-7-6-8-17(31)13-16)30(26)25(33)29(24(26)32)12-11-28(2)3/h6-10,13-14,23,27,31H,5,11-12,15H2,1-4H3. The van der Waals surface area contributed by atoms with Crippen LogP contribution in [-0.4, -0.2) is 76.6 Å². The number of benzene rings is 2. The minimum Gasteiger partial charge on any atom is -0.508 e. The maximum absolute atomic E-state index is 13.9. The van der Waals surface area contributed by atoms with Crippen molar-refractivity contribution in [1.82, 2.24) is 19.7 Å². The summed E-state index contributed by atoms with van der Waals surface area (Å²) in [5.41, 5.74) is 2.56. The van der Waals surface area contributed by atoms with Crippen LogP contribution < -0.4 is 4.74 Å². The Morgan fingerprint density at radius 2 is 2.00 bits per heavy atom. The summed E-state index contributed by atoms with van der Waals surface area (Å²) in [6.07, 6.45) is 0.909. The molecule has 1 aromatic heterocycles. The molecule has 1 fully saturated rings. The summed E-state index contributed by atoms with van der Waals surface area (Å²) in [6, 6.07) is 12.0. The van der Waals surface area contributed by atoms with Gasteiger partial charge in [-0.3, -0.25) is 14.6 Å². The molecule has 0 saturated carbocycles. The number of carbonyl (C=O) groups is 2. The lowest BCUT2D eigenvalue weighted by Crippen LogP contribution is -2.55. The fourth-order valence-electron chi connectivity index (χ4n) is 5.45. The predicted molar refractivity (Wildman–Crippen MR) is 129 cm³/mol. The maximum Gasteiger partial charge on any atom is 0.328 e. The quantitative estimate of drug-likeness (QED) is 0.548. The summed E-state index contributed by atoms with van der Waals surface area (Å²) in [6.45, 7) is 2.89. The van der Waals surface area contributed by atoms with Gasteiger partial charge in [0.1, 0.15) is 23.1 Å². The molecule has 2 aliphatic heterocycles. The number of amides is 3. The van der Waals surface area contributed by atoms with Gasteiger partial charge in [-0.05, 0) is 62.0 Å². The van der Waals surface area contributed by atoms with Crippen LogP contribution in [0.2, 0.25) is 0 Å². The molecule has 8 nitrogen and oxygen atoms in total. The molecule has 2 unspecified atom stereocenters. The third-order valence-electron chi connectivity index (χ3n) is 7.23. The lowest BCUT2D eigenvalue weighted by Gasteiger charge is -2.44. The molecule has 34 heavy (non-hydrogen) atoms. The van der Waals surface area contributed by atoms with Gasteiger partial charge in [0.25, 0.3) is 5.91 Å². The molecule has 2 atom stereocenters. The number of methoxy groups -OCH3 is 1. The van der Waals surface area contributed by atoms with Gasteiger partial charge in [-0.25, -0.2) is 4.79 Å². The van der Waals surface area contributed by atoms with Crippen LogP contribution in [0.5, 0.6) is 11.5 Å². The van der Waals surface area contributed by atoms with E-state index in [9.17, 15) is 14.7 Å². The number of nitrogens with one attached hydrogen (secondary N) is 1. The van der Waals surface area contributed by atoms with E-state index >= 15 is 0 Å². The molecule has 2 N–H and O–H groups in total. The number of hydrogen-bond acceptors (Lipinski definition) is 5. The number of H-pyrrole nitrogens is 1. The van der Waals surface area contributed by atoms with Crippen LogP contribution in [0.1, 0.15) is 36.2 Å². The van der Waals surface area contributed by atoms with Crippen LogP contribution in [0.25, 0.3) is 10.9 Å². The summed E-state index contributed by atoms with van der Waals surface area (Å²) in [5, 5.41) is 11.2. The highest BCUT2D eigenvalue weighted by Gasteiger charge is 2.61. The Labute approximate surface area is 198 Å². The highest BCUT2D eigenvalue weighted by atomic mass is 16.5. The Hall–Kier alpha value is -3.52. The monoisotopic (exact) mass is 462 g/mol. The number of imide groups is 1. The van der Waals surface area contributed by atoms with E-state index in [2.05, 4.69) is 4.98 Å². The highest BCUT2D eigenvalue weighted by molar-refractivity contribution is 6.08. The van der Waals surface area contributed by atoms with Crippen LogP contribution in [0.4, 0.5) is 4.79 Å². The molecule has 0 aliphatic carbocycles. The largest absolute Gasteiger partial charge is 0.508 e. The zero-order valence-corrected chi connectivity index (χ0v) is 20.0. The maximum atomic E-state index is 13.9. The topological polar surface area (TPSA) is 89.1 Å². The molecule has 1 saturated heterocycles. The fourth-order valence-corrected chi connectivity index (χ4v) is 5.45. The van der Waals surface area contributed by atoms with Crippen molar-refractivity contribution in [3.8, 4) is 11.5 Å². The Morgan fingerprint density at radius 1 is 1.21 bits per heavy atom. The molecule has 3 amide bonds. The number of likely N-dealkylation sites (N-methyl/N-ethyl adjacent to an activating group) is 1. The number of urea groups is 1. The number of ether oxygens (including phenoxy) is 1. The average Bonchev–Trinajstić information content (AvgIpc) is 3.28. The summed E-state index contributed by atoms with van der Waals surface area (Å²) < 4.78 is 5.47. The average molecular weight is 463 g/mol. The van der Waals surface area contributed by atoms with Crippen molar-refractivity contribution < 1.29 is 19.4 Å². The van der Waals surface area contributed by atoms with Crippen molar-refractivity contribution in [3.63, 3.8) is 0 Å². The van der Waals surface area contributed by atoms with E-state index in [1.807, 2.05) is 50.2 Å². The van der Waals surface area contributed by atoms with Gasteiger partial charge in [0.05, 0.1) is 7.11 Å². The number of aromatic hydroxyl groups is 1. The smallest absolute Gasteiger partial charge is 0.328 e. The molecule has 0 bridgehead atoms. The number of phenols is 1. The van der Waals surface area contributed by atoms with Crippen molar-refractivity contribution in [1.29, 1.82) is 0 Å². The molecule has 2 aliphatic rings. The SMILES string of the molecule is CCC12Cc3c([nH]c4ccc(OC)cc34)C(c3cccc(O)c3)N1C(=O)N(CCN(C)C)C2=O. The fraction of sp³-hybridized carbons (Fsp3) is 0.385. The summed E-state index contributed by atoms with van der Waals surface area (Å²) in [4.78, 5) is 36.4. The van der Waals surface area contributed by atoms with Crippen molar-refractivity contribution in [2.45, 2.75) is 31.3 Å². The molecular weight excluding hydrogens is 432 g/mol. The van der Waals surface area contributed by atoms with Crippen LogP contribution in [0, 0.1) is 0 Å². The van der Waals surface area contributed by atoms with E-state index < -0.39 is 11.6 Å². The zero-order chi connectivity index (χ0) is 24.2. The minimum absolute atomic E-state index is 0.118. The summed E-state index contributed by atoms with van der Waals surface area (Å²) in [7, 11) is 5.48. The lowest BCUT2D eigenvalue weighted by atomic mass is 9.78. The lowest BCUT2D eigenvalue weighted by molar-refractivity contribution is -0.134. The first-order valence-electron chi connectivity index (χ1n) is 11.6. The number of rotatable bonds is 6. The number of carbonyl (C=O) groups excluding carboxylic acids is 2. The van der Waals surface area contributed by atoms with Crippen molar-refractivity contribution in [2.75, 3.05) is 34.3 Å². The molecule has 0 spiro atoms. The van der Waals surface area contributed by atoms with E-state index in [0.717, 1.165) is 33.5 Å². The minimum atomic E-state index is -0.995. The number of fused-ring (bicyclic) bond motifs is 4. The third kappa shape index (κ3) is 3.16. The van der Waals surface area contributed by atoms with Crippen LogP contribution in [0.3, 0.4) is 0 Å². The molecule has 2 aromatic carbocycles. The third-order valence-corrected chi connectivity index (χ3v) is 7.23. The van der Waals surface area contributed by atoms with Gasteiger partial charge < -0.3 is 19.7 Å². The Morgan fingerprint density at radius 3 is 2.68 bits per heavy atom. The Balaban J connectivity index is 1.74. The predicted octanol–water partition coefficient (Wildman–Crippen LogP) is 3.50. The number of hydrogen-bond donors (Lipinski definition) is 2. The molecule has 0 radical (unpaired) electrons. The Kier molecular flexibility index (Phi) is 5.28. The van der Waals surface area contributed by atoms with Crippen molar-refractivity contribution in [3.05, 3.63) is 59.3 Å². The van der Waals surface area contributed by atoms with Gasteiger partial charge in [0, 0.05) is 36.1 Å². The second-order valence-electron chi connectivity index (χ2n) is 9.40. The molecule has 5 rings (SSSR count). The van der Waals surface area contributed by atoms with E-state index in [0.29, 0.717) is 25.9 Å². The number of phenolic OH excluding ortho intramolecular Hbond substituents is 1. The van der Waals surface area contributed by atoms with Gasteiger partial charge in [0.15, 0.2) is 0 Å². The first kappa shape index (κ1) is 22.3. The second kappa shape index (κ2) is 8.06. The molecule has 178 valence electrons.